The van der Waals surface area contributed by atoms with Crippen LogP contribution in [0.1, 0.15) is 11.3 Å². The maximum absolute atomic E-state index is 6.03. The Kier molecular flexibility index (Phi) is 3.23. The molecule has 0 fully saturated rings. The third-order valence-corrected chi connectivity index (χ3v) is 3.27. The Labute approximate surface area is 106 Å². The molecule has 7 heteroatoms. The summed E-state index contributed by atoms with van der Waals surface area (Å²) in [5.41, 5.74) is 6.67. The lowest BCUT2D eigenvalue weighted by Crippen LogP contribution is -1.96. The third kappa shape index (κ3) is 2.09. The van der Waals surface area contributed by atoms with E-state index in [-0.39, 0.29) is 5.82 Å². The van der Waals surface area contributed by atoms with E-state index in [4.69, 9.17) is 40.5 Å². The van der Waals surface area contributed by atoms with Crippen LogP contribution in [-0.4, -0.2) is 10.3 Å². The molecule has 0 saturated heterocycles. The van der Waals surface area contributed by atoms with E-state index < -0.39 is 0 Å². The van der Waals surface area contributed by atoms with Gasteiger partial charge in [0, 0.05) is 11.4 Å². The topological polar surface area (TPSA) is 64.9 Å². The quantitative estimate of drug-likeness (QED) is 0.857. The van der Waals surface area contributed by atoms with Crippen LogP contribution in [0.4, 0.5) is 5.82 Å². The number of nitrogens with two attached hydrogens (primary N) is 1. The zero-order valence-electron chi connectivity index (χ0n) is 7.88. The molecule has 1 aromatic carbocycles. The third-order valence-electron chi connectivity index (χ3n) is 2.07. The van der Waals surface area contributed by atoms with Gasteiger partial charge >= 0.3 is 0 Å². The molecule has 0 saturated carbocycles. The molecule has 2 N–H and O–H groups in total. The van der Waals surface area contributed by atoms with E-state index >= 15 is 0 Å². The summed E-state index contributed by atoms with van der Waals surface area (Å²) >= 11 is 17.9. The summed E-state index contributed by atoms with van der Waals surface area (Å²) in [4.78, 5) is 0. The summed E-state index contributed by atoms with van der Waals surface area (Å²) in [7, 11) is 0. The fourth-order valence-corrected chi connectivity index (χ4v) is 1.92. The molecule has 2 aromatic rings. The SMILES string of the molecule is Nc1nonc1Cc1c(Cl)ccc(Cl)c1Cl. The second-order valence-corrected chi connectivity index (χ2v) is 4.29. The first-order valence-corrected chi connectivity index (χ1v) is 5.42. The number of rotatable bonds is 2. The Balaban J connectivity index is 2.42. The molecular formula is C9H6Cl3N3O. The normalized spacial score (nSPS) is 10.7. The molecule has 0 atom stereocenters. The number of aromatic nitrogens is 2. The van der Waals surface area contributed by atoms with E-state index in [9.17, 15) is 0 Å². The molecular weight excluding hydrogens is 272 g/mol. The summed E-state index contributed by atoms with van der Waals surface area (Å²) in [6, 6.07) is 3.29. The van der Waals surface area contributed by atoms with Crippen LogP contribution < -0.4 is 5.73 Å². The van der Waals surface area contributed by atoms with Crippen LogP contribution in [0.5, 0.6) is 0 Å². The van der Waals surface area contributed by atoms with Crippen LogP contribution >= 0.6 is 34.8 Å². The highest BCUT2D eigenvalue weighted by atomic mass is 35.5. The summed E-state index contributed by atoms with van der Waals surface area (Å²) in [5.74, 6) is 0.215. The van der Waals surface area contributed by atoms with Crippen LogP contribution in [0.25, 0.3) is 0 Å². The number of anilines is 1. The lowest BCUT2D eigenvalue weighted by atomic mass is 10.1. The first kappa shape index (κ1) is 11.5. The molecule has 16 heavy (non-hydrogen) atoms. The van der Waals surface area contributed by atoms with Crippen molar-refractivity contribution in [3.63, 3.8) is 0 Å². The lowest BCUT2D eigenvalue weighted by Gasteiger charge is -2.06. The van der Waals surface area contributed by atoms with Crippen molar-refractivity contribution in [3.8, 4) is 0 Å². The van der Waals surface area contributed by atoms with Crippen LogP contribution in [0, 0.1) is 0 Å². The molecule has 0 aliphatic heterocycles. The fraction of sp³-hybridized carbons (Fsp3) is 0.111. The minimum Gasteiger partial charge on any atom is -0.379 e. The monoisotopic (exact) mass is 277 g/mol. The van der Waals surface area contributed by atoms with Gasteiger partial charge in [0.05, 0.1) is 10.0 Å². The first-order chi connectivity index (χ1) is 7.59. The Hall–Kier alpha value is -0.970. The van der Waals surface area contributed by atoms with Gasteiger partial charge in [-0.2, -0.15) is 0 Å². The predicted octanol–water partition coefficient (Wildman–Crippen LogP) is 3.20. The molecule has 0 spiro atoms. The van der Waals surface area contributed by atoms with Crippen LogP contribution in [0.3, 0.4) is 0 Å². The summed E-state index contributed by atoms with van der Waals surface area (Å²) in [6.45, 7) is 0. The second kappa shape index (κ2) is 4.49. The van der Waals surface area contributed by atoms with Gasteiger partial charge in [0.25, 0.3) is 0 Å². The fourth-order valence-electron chi connectivity index (χ4n) is 1.23. The highest BCUT2D eigenvalue weighted by molar-refractivity contribution is 6.44. The standard InChI is InChI=1S/C9H6Cl3N3O/c10-5-1-2-6(11)8(12)4(5)3-7-9(13)15-16-14-7/h1-2H,3H2,(H2,13,15). The Bertz CT molecular complexity index is 527. The number of nitrogens with zero attached hydrogens (tertiary/aromatic N) is 2. The molecule has 4 nitrogen and oxygen atoms in total. The minimum atomic E-state index is 0.215. The molecule has 2 rings (SSSR count). The van der Waals surface area contributed by atoms with Crippen molar-refractivity contribution in [2.75, 3.05) is 5.73 Å². The molecule has 1 heterocycles. The molecule has 84 valence electrons. The molecule has 0 bridgehead atoms. The zero-order chi connectivity index (χ0) is 11.7. The van der Waals surface area contributed by atoms with Crippen LogP contribution in [-0.2, 0) is 6.42 Å². The van der Waals surface area contributed by atoms with Gasteiger partial charge in [-0.15, -0.1) is 0 Å². The van der Waals surface area contributed by atoms with E-state index in [1.165, 1.54) is 0 Å². The van der Waals surface area contributed by atoms with E-state index in [2.05, 4.69) is 14.9 Å². The van der Waals surface area contributed by atoms with Gasteiger partial charge in [0.2, 0.25) is 0 Å². The first-order valence-electron chi connectivity index (χ1n) is 4.29. The molecule has 0 radical (unpaired) electrons. The average molecular weight is 279 g/mol. The summed E-state index contributed by atoms with van der Waals surface area (Å²) in [5, 5.41) is 8.43. The minimum absolute atomic E-state index is 0.215. The van der Waals surface area contributed by atoms with Gasteiger partial charge in [-0.1, -0.05) is 40.0 Å². The lowest BCUT2D eigenvalue weighted by molar-refractivity contribution is 0.305. The van der Waals surface area contributed by atoms with Crippen LogP contribution in [0.15, 0.2) is 16.8 Å². The van der Waals surface area contributed by atoms with E-state index in [1.54, 1.807) is 12.1 Å². The smallest absolute Gasteiger partial charge is 0.191 e. The van der Waals surface area contributed by atoms with E-state index in [0.717, 1.165) is 0 Å². The number of nitrogen functional groups attached to an aromatic ring is 1. The van der Waals surface area contributed by atoms with Crippen molar-refractivity contribution < 1.29 is 4.63 Å². The van der Waals surface area contributed by atoms with Gasteiger partial charge in [-0.05, 0) is 22.9 Å². The molecule has 1 aromatic heterocycles. The maximum Gasteiger partial charge on any atom is 0.191 e. The number of hydrogen-bond acceptors (Lipinski definition) is 4. The molecule has 0 unspecified atom stereocenters. The zero-order valence-corrected chi connectivity index (χ0v) is 10.1. The van der Waals surface area contributed by atoms with Crippen molar-refractivity contribution >= 4 is 40.6 Å². The summed E-state index contributed by atoms with van der Waals surface area (Å²) < 4.78 is 4.48. The Morgan fingerprint density at radius 3 is 2.44 bits per heavy atom. The predicted molar refractivity (Wildman–Crippen MR) is 63.0 cm³/mol. The highest BCUT2D eigenvalue weighted by Gasteiger charge is 2.14. The largest absolute Gasteiger partial charge is 0.379 e. The number of hydrogen-bond donors (Lipinski definition) is 1. The molecule has 0 aliphatic rings. The maximum atomic E-state index is 6.03. The molecule has 0 amide bonds. The Morgan fingerprint density at radius 1 is 1.12 bits per heavy atom. The van der Waals surface area contributed by atoms with Crippen LogP contribution in [0.2, 0.25) is 15.1 Å². The van der Waals surface area contributed by atoms with Crippen molar-refractivity contribution in [1.82, 2.24) is 10.3 Å². The number of halogens is 3. The molecule has 0 aliphatic carbocycles. The van der Waals surface area contributed by atoms with Crippen molar-refractivity contribution in [3.05, 3.63) is 38.5 Å². The second-order valence-electron chi connectivity index (χ2n) is 3.09. The van der Waals surface area contributed by atoms with Gasteiger partial charge in [0.15, 0.2) is 5.82 Å². The summed E-state index contributed by atoms with van der Waals surface area (Å²) in [6.07, 6.45) is 0.327. The van der Waals surface area contributed by atoms with Gasteiger partial charge in [0.1, 0.15) is 5.69 Å². The van der Waals surface area contributed by atoms with Crippen molar-refractivity contribution in [1.29, 1.82) is 0 Å². The van der Waals surface area contributed by atoms with E-state index in [1.807, 2.05) is 0 Å². The van der Waals surface area contributed by atoms with Crippen molar-refractivity contribution in [2.24, 2.45) is 0 Å². The van der Waals surface area contributed by atoms with Gasteiger partial charge in [-0.25, -0.2) is 4.63 Å². The van der Waals surface area contributed by atoms with Gasteiger partial charge in [-0.3, -0.25) is 0 Å². The highest BCUT2D eigenvalue weighted by Crippen LogP contribution is 2.33. The van der Waals surface area contributed by atoms with Crippen molar-refractivity contribution in [2.45, 2.75) is 6.42 Å². The van der Waals surface area contributed by atoms with E-state index in [0.29, 0.717) is 32.7 Å². The average Bonchev–Trinajstić information content (AvgIpc) is 2.65. The van der Waals surface area contributed by atoms with Gasteiger partial charge < -0.3 is 5.73 Å². The number of benzene rings is 1. The Morgan fingerprint density at radius 2 is 1.81 bits per heavy atom.